The third kappa shape index (κ3) is 5.85. The van der Waals surface area contributed by atoms with Crippen molar-refractivity contribution >= 4 is 0 Å². The highest BCUT2D eigenvalue weighted by Gasteiger charge is 2.57. The van der Waals surface area contributed by atoms with E-state index in [-0.39, 0.29) is 23.5 Å². The largest absolute Gasteiger partial charge is 0.472 e. The highest BCUT2D eigenvalue weighted by Crippen LogP contribution is 2.61. The molecule has 3 fully saturated rings. The van der Waals surface area contributed by atoms with E-state index in [0.29, 0.717) is 12.3 Å². The Morgan fingerprint density at radius 1 is 0.929 bits per heavy atom. The minimum atomic E-state index is -1.60. The molecule has 238 valence electrons. The van der Waals surface area contributed by atoms with Crippen LogP contribution in [0.1, 0.15) is 65.4 Å². The van der Waals surface area contributed by atoms with Gasteiger partial charge in [-0.2, -0.15) is 0 Å². The molecule has 1 saturated carbocycles. The first-order valence-electron chi connectivity index (χ1n) is 15.2. The highest BCUT2D eigenvalue weighted by molar-refractivity contribution is 5.29. The van der Waals surface area contributed by atoms with Gasteiger partial charge < -0.3 is 54.0 Å². The Labute approximate surface area is 247 Å². The Morgan fingerprint density at radius 2 is 1.69 bits per heavy atom. The van der Waals surface area contributed by atoms with E-state index in [1.807, 2.05) is 6.07 Å². The lowest BCUT2D eigenvalue weighted by Crippen LogP contribution is -2.64. The molecular formula is C31H48O11. The molecule has 11 nitrogen and oxygen atoms in total. The van der Waals surface area contributed by atoms with E-state index in [1.54, 1.807) is 12.5 Å². The Bertz CT molecular complexity index is 1070. The second-order valence-corrected chi connectivity index (χ2v) is 13.4. The van der Waals surface area contributed by atoms with Gasteiger partial charge in [-0.15, -0.1) is 0 Å². The van der Waals surface area contributed by atoms with Crippen LogP contribution in [0.15, 0.2) is 34.2 Å². The standard InChI is InChI=1S/C31H48O11/c1-16-5-8-21-30(2,3)22(9-11-31(21,4)18(16)7-6-17-10-12-38-14-17)41-29-27(25(36)24(35)20(13-32)40-29)42-28-26(37)23(34)19(33)15-39-28/h10,12,14,19-29,32-37H,5-9,11,13,15H2,1-4H3/t19-,20-,21-,22+,23-,24-,25+,26-,27-,28+,29+,31+/m1/s1. The van der Waals surface area contributed by atoms with Crippen molar-refractivity contribution in [3.8, 4) is 0 Å². The second kappa shape index (κ2) is 12.5. The SMILES string of the molecule is CC1=C(CCc2ccoc2)[C@]2(C)CC[C@H](O[C@@H]3O[C@H](CO)[C@@H](O)[C@H](O)[C@H]3O[C@@H]3OC[C@@H](O)[C@@H](O)[C@H]3O)C(C)(C)[C@H]2CC1. The summed E-state index contributed by atoms with van der Waals surface area (Å²) in [7, 11) is 0. The van der Waals surface area contributed by atoms with Crippen molar-refractivity contribution in [2.75, 3.05) is 13.2 Å². The maximum Gasteiger partial charge on any atom is 0.187 e. The first kappa shape index (κ1) is 32.0. The van der Waals surface area contributed by atoms with Crippen LogP contribution >= 0.6 is 0 Å². The minimum absolute atomic E-state index is 0.0148. The molecule has 42 heavy (non-hydrogen) atoms. The molecule has 4 aliphatic rings. The van der Waals surface area contributed by atoms with Crippen LogP contribution in [0.2, 0.25) is 0 Å². The van der Waals surface area contributed by atoms with E-state index >= 15 is 0 Å². The molecule has 2 saturated heterocycles. The zero-order valence-electron chi connectivity index (χ0n) is 25.0. The zero-order valence-corrected chi connectivity index (χ0v) is 25.0. The Hall–Kier alpha value is -1.38. The molecule has 2 aliphatic carbocycles. The molecule has 0 unspecified atom stereocenters. The fourth-order valence-electron chi connectivity index (χ4n) is 8.05. The summed E-state index contributed by atoms with van der Waals surface area (Å²) < 4.78 is 29.1. The van der Waals surface area contributed by atoms with Gasteiger partial charge in [0.15, 0.2) is 12.6 Å². The van der Waals surface area contributed by atoms with Gasteiger partial charge in [-0.1, -0.05) is 31.9 Å². The minimum Gasteiger partial charge on any atom is -0.472 e. The summed E-state index contributed by atoms with van der Waals surface area (Å²) >= 11 is 0. The number of hydrogen-bond donors (Lipinski definition) is 6. The molecule has 0 spiro atoms. The van der Waals surface area contributed by atoms with Crippen LogP contribution in [-0.4, -0.2) is 105 Å². The lowest BCUT2D eigenvalue weighted by atomic mass is 9.49. The van der Waals surface area contributed by atoms with Crippen molar-refractivity contribution in [3.63, 3.8) is 0 Å². The van der Waals surface area contributed by atoms with Gasteiger partial charge in [0.1, 0.15) is 42.7 Å². The number of aliphatic hydroxyl groups excluding tert-OH is 6. The van der Waals surface area contributed by atoms with Crippen LogP contribution in [0.5, 0.6) is 0 Å². The van der Waals surface area contributed by atoms with Gasteiger partial charge in [0.25, 0.3) is 0 Å². The summed E-state index contributed by atoms with van der Waals surface area (Å²) in [6.07, 6.45) is -3.70. The summed E-state index contributed by atoms with van der Waals surface area (Å²) in [5, 5.41) is 61.9. The molecule has 2 aliphatic heterocycles. The smallest absolute Gasteiger partial charge is 0.187 e. The Kier molecular flexibility index (Phi) is 9.57. The first-order chi connectivity index (χ1) is 19.9. The lowest BCUT2D eigenvalue weighted by Gasteiger charge is -2.58. The van der Waals surface area contributed by atoms with Crippen LogP contribution in [0.25, 0.3) is 0 Å². The van der Waals surface area contributed by atoms with E-state index in [1.165, 1.54) is 16.7 Å². The van der Waals surface area contributed by atoms with Gasteiger partial charge in [0.05, 0.1) is 31.8 Å². The number of aliphatic hydroxyl groups is 6. The predicted octanol–water partition coefficient (Wildman–Crippen LogP) is 1.41. The second-order valence-electron chi connectivity index (χ2n) is 13.4. The Balaban J connectivity index is 1.35. The van der Waals surface area contributed by atoms with Crippen molar-refractivity contribution in [2.45, 2.75) is 128 Å². The van der Waals surface area contributed by atoms with E-state index < -0.39 is 61.9 Å². The summed E-state index contributed by atoms with van der Waals surface area (Å²) in [6, 6.07) is 2.01. The van der Waals surface area contributed by atoms with Gasteiger partial charge in [-0.25, -0.2) is 0 Å². The number of aryl methyl sites for hydroxylation is 1. The average Bonchev–Trinajstić information content (AvgIpc) is 3.47. The lowest BCUT2D eigenvalue weighted by molar-refractivity contribution is -0.368. The van der Waals surface area contributed by atoms with Gasteiger partial charge in [0, 0.05) is 0 Å². The zero-order chi connectivity index (χ0) is 30.4. The summed E-state index contributed by atoms with van der Waals surface area (Å²) in [5.41, 5.74) is 3.83. The van der Waals surface area contributed by atoms with Crippen molar-refractivity contribution in [1.82, 2.24) is 0 Å². The van der Waals surface area contributed by atoms with E-state index in [0.717, 1.165) is 32.1 Å². The summed E-state index contributed by atoms with van der Waals surface area (Å²) in [5.74, 6) is 0.305. The fraction of sp³-hybridized carbons (Fsp3) is 0.806. The van der Waals surface area contributed by atoms with Crippen LogP contribution in [-0.2, 0) is 25.4 Å². The van der Waals surface area contributed by atoms with Crippen molar-refractivity contribution in [3.05, 3.63) is 35.3 Å². The van der Waals surface area contributed by atoms with E-state index in [9.17, 15) is 30.6 Å². The van der Waals surface area contributed by atoms with Gasteiger partial charge in [0.2, 0.25) is 0 Å². The third-order valence-corrected chi connectivity index (χ3v) is 10.5. The van der Waals surface area contributed by atoms with Gasteiger partial charge in [-0.3, -0.25) is 0 Å². The summed E-state index contributed by atoms with van der Waals surface area (Å²) in [6.45, 7) is 8.19. The van der Waals surface area contributed by atoms with Crippen LogP contribution < -0.4 is 0 Å². The number of ether oxygens (including phenoxy) is 4. The molecule has 0 aromatic carbocycles. The molecule has 0 amide bonds. The maximum atomic E-state index is 11.0. The number of hydrogen-bond acceptors (Lipinski definition) is 11. The molecule has 1 aromatic heterocycles. The molecule has 3 heterocycles. The van der Waals surface area contributed by atoms with Crippen LogP contribution in [0.4, 0.5) is 0 Å². The molecule has 12 atom stereocenters. The number of furan rings is 1. The monoisotopic (exact) mass is 596 g/mol. The van der Waals surface area contributed by atoms with Gasteiger partial charge >= 0.3 is 0 Å². The topological polar surface area (TPSA) is 171 Å². The number of rotatable bonds is 8. The molecule has 6 N–H and O–H groups in total. The molecule has 5 rings (SSSR count). The quantitative estimate of drug-likeness (QED) is 0.240. The van der Waals surface area contributed by atoms with Crippen LogP contribution in [0.3, 0.4) is 0 Å². The van der Waals surface area contributed by atoms with E-state index in [4.69, 9.17) is 23.4 Å². The normalized spacial score (nSPS) is 44.2. The molecule has 1 aromatic rings. The summed E-state index contributed by atoms with van der Waals surface area (Å²) in [4.78, 5) is 0. The van der Waals surface area contributed by atoms with Crippen molar-refractivity contribution < 1.29 is 54.0 Å². The number of fused-ring (bicyclic) bond motifs is 1. The van der Waals surface area contributed by atoms with E-state index in [2.05, 4.69) is 27.7 Å². The third-order valence-electron chi connectivity index (χ3n) is 10.5. The maximum absolute atomic E-state index is 11.0. The van der Waals surface area contributed by atoms with Crippen molar-refractivity contribution in [1.29, 1.82) is 0 Å². The van der Waals surface area contributed by atoms with Gasteiger partial charge in [-0.05, 0) is 73.8 Å². The number of allylic oxidation sites excluding steroid dienone is 2. The molecular weight excluding hydrogens is 548 g/mol. The molecule has 0 bridgehead atoms. The van der Waals surface area contributed by atoms with Crippen molar-refractivity contribution in [2.24, 2.45) is 16.7 Å². The Morgan fingerprint density at radius 3 is 2.38 bits per heavy atom. The average molecular weight is 597 g/mol. The first-order valence-corrected chi connectivity index (χ1v) is 15.2. The molecule has 11 heteroatoms. The highest BCUT2D eigenvalue weighted by atomic mass is 16.8. The predicted molar refractivity (Wildman–Crippen MR) is 149 cm³/mol. The van der Waals surface area contributed by atoms with Crippen LogP contribution in [0, 0.1) is 16.7 Å². The molecule has 0 radical (unpaired) electrons. The fourth-order valence-corrected chi connectivity index (χ4v) is 8.05.